The Morgan fingerprint density at radius 1 is 1.47 bits per heavy atom. The average Bonchev–Trinajstić information content (AvgIpc) is 2.18. The number of hydrogen-bond acceptors (Lipinski definition) is 4. The van der Waals surface area contributed by atoms with Crippen LogP contribution in [0.5, 0.6) is 0 Å². The Balaban J connectivity index is 1.76. The van der Waals surface area contributed by atoms with Gasteiger partial charge >= 0.3 is 0 Å². The van der Waals surface area contributed by atoms with E-state index in [9.17, 15) is 4.79 Å². The van der Waals surface area contributed by atoms with Gasteiger partial charge in [-0.05, 0) is 33.1 Å². The van der Waals surface area contributed by atoms with E-state index in [1.807, 2.05) is 13.8 Å². The van der Waals surface area contributed by atoms with E-state index in [0.717, 1.165) is 25.0 Å². The smallest absolute Gasteiger partial charge is 0.226 e. The van der Waals surface area contributed by atoms with E-state index in [0.29, 0.717) is 5.02 Å². The van der Waals surface area contributed by atoms with Gasteiger partial charge in [-0.1, -0.05) is 11.6 Å². The maximum atomic E-state index is 12.1. The lowest BCUT2D eigenvalue weighted by atomic mass is 9.34. The molecule has 3 fully saturated rings. The number of carbonyl (C=O) groups excluding carboxylic acids is 1. The summed E-state index contributed by atoms with van der Waals surface area (Å²) in [5, 5.41) is 3.54. The minimum absolute atomic E-state index is 0.0531. The molecule has 0 saturated heterocycles. The monoisotopic (exact) mass is 280 g/mol. The van der Waals surface area contributed by atoms with Crippen molar-refractivity contribution in [2.24, 2.45) is 5.41 Å². The average molecular weight is 281 g/mol. The molecule has 0 aliphatic heterocycles. The van der Waals surface area contributed by atoms with E-state index >= 15 is 0 Å². The van der Waals surface area contributed by atoms with Crippen molar-refractivity contribution >= 4 is 23.5 Å². The first kappa shape index (κ1) is 12.7. The van der Waals surface area contributed by atoms with Crippen molar-refractivity contribution in [1.29, 1.82) is 0 Å². The molecule has 3 aliphatic carbocycles. The first-order valence-electron chi connectivity index (χ1n) is 6.46. The van der Waals surface area contributed by atoms with Gasteiger partial charge < -0.3 is 11.1 Å². The van der Waals surface area contributed by atoms with E-state index in [-0.39, 0.29) is 28.7 Å². The first-order valence-corrected chi connectivity index (χ1v) is 6.84. The van der Waals surface area contributed by atoms with Crippen LogP contribution < -0.4 is 11.1 Å². The summed E-state index contributed by atoms with van der Waals surface area (Å²) >= 11 is 6.15. The van der Waals surface area contributed by atoms with E-state index in [2.05, 4.69) is 15.3 Å². The maximum absolute atomic E-state index is 12.1. The SMILES string of the molecule is CC(C)NC(=O)C12CC(c3nc(N)ncc3Cl)(C1)C2. The van der Waals surface area contributed by atoms with Gasteiger partial charge in [0.05, 0.1) is 22.3 Å². The molecule has 19 heavy (non-hydrogen) atoms. The number of amides is 1. The van der Waals surface area contributed by atoms with Gasteiger partial charge in [-0.3, -0.25) is 4.79 Å². The fourth-order valence-corrected chi connectivity index (χ4v) is 3.74. The summed E-state index contributed by atoms with van der Waals surface area (Å²) in [6.45, 7) is 3.95. The van der Waals surface area contributed by atoms with Crippen LogP contribution in [0, 0.1) is 5.41 Å². The van der Waals surface area contributed by atoms with Crippen molar-refractivity contribution in [3.63, 3.8) is 0 Å². The van der Waals surface area contributed by atoms with E-state index in [1.165, 1.54) is 0 Å². The number of carbonyl (C=O) groups is 1. The number of nitrogens with one attached hydrogen (secondary N) is 1. The van der Waals surface area contributed by atoms with Crippen molar-refractivity contribution in [3.05, 3.63) is 16.9 Å². The zero-order valence-electron chi connectivity index (χ0n) is 11.0. The van der Waals surface area contributed by atoms with Gasteiger partial charge in [-0.2, -0.15) is 0 Å². The summed E-state index contributed by atoms with van der Waals surface area (Å²) in [6.07, 6.45) is 3.98. The van der Waals surface area contributed by atoms with Crippen LogP contribution in [0.1, 0.15) is 38.8 Å². The molecule has 0 spiro atoms. The molecule has 4 rings (SSSR count). The molecule has 0 atom stereocenters. The van der Waals surface area contributed by atoms with Gasteiger partial charge in [-0.15, -0.1) is 0 Å². The van der Waals surface area contributed by atoms with Crippen LogP contribution >= 0.6 is 11.6 Å². The molecule has 0 aromatic carbocycles. The summed E-state index contributed by atoms with van der Waals surface area (Å²) in [4.78, 5) is 20.3. The maximum Gasteiger partial charge on any atom is 0.226 e. The molecule has 1 heterocycles. The molecule has 1 aromatic rings. The normalized spacial score (nSPS) is 31.6. The zero-order chi connectivity index (χ0) is 13.8. The fraction of sp³-hybridized carbons (Fsp3) is 0.615. The largest absolute Gasteiger partial charge is 0.368 e. The van der Waals surface area contributed by atoms with Crippen molar-refractivity contribution in [2.45, 2.75) is 44.6 Å². The van der Waals surface area contributed by atoms with Gasteiger partial charge in [0.1, 0.15) is 0 Å². The summed E-state index contributed by atoms with van der Waals surface area (Å²) in [5.74, 6) is 0.396. The van der Waals surface area contributed by atoms with Crippen LogP contribution in [0.2, 0.25) is 5.02 Å². The molecular formula is C13H17ClN4O. The highest BCUT2D eigenvalue weighted by molar-refractivity contribution is 6.31. The van der Waals surface area contributed by atoms with Gasteiger partial charge in [0.25, 0.3) is 0 Å². The molecule has 2 bridgehead atoms. The van der Waals surface area contributed by atoms with Crippen molar-refractivity contribution < 1.29 is 4.79 Å². The minimum atomic E-state index is -0.201. The summed E-state index contributed by atoms with van der Waals surface area (Å²) in [6, 6.07) is 0.177. The highest BCUT2D eigenvalue weighted by Gasteiger charge is 2.73. The lowest BCUT2D eigenvalue weighted by Crippen LogP contribution is -2.70. The zero-order valence-corrected chi connectivity index (χ0v) is 11.8. The molecule has 3 aliphatic rings. The van der Waals surface area contributed by atoms with Gasteiger partial charge in [0, 0.05) is 11.5 Å². The second kappa shape index (κ2) is 3.82. The van der Waals surface area contributed by atoms with Crippen molar-refractivity contribution in [3.8, 4) is 0 Å². The van der Waals surface area contributed by atoms with Gasteiger partial charge in [0.2, 0.25) is 11.9 Å². The summed E-state index contributed by atoms with van der Waals surface area (Å²) in [7, 11) is 0. The lowest BCUT2D eigenvalue weighted by Gasteiger charge is -2.69. The molecule has 3 saturated carbocycles. The molecular weight excluding hydrogens is 264 g/mol. The van der Waals surface area contributed by atoms with Crippen LogP contribution in [0.15, 0.2) is 6.20 Å². The van der Waals surface area contributed by atoms with E-state index < -0.39 is 0 Å². The van der Waals surface area contributed by atoms with Gasteiger partial charge in [-0.25, -0.2) is 9.97 Å². The number of halogens is 1. The molecule has 1 aromatic heterocycles. The fourth-order valence-electron chi connectivity index (χ4n) is 3.45. The molecule has 3 N–H and O–H groups in total. The number of nitrogens with two attached hydrogens (primary N) is 1. The molecule has 0 unspecified atom stereocenters. The van der Waals surface area contributed by atoms with Crippen LogP contribution in [0.25, 0.3) is 0 Å². The highest BCUT2D eigenvalue weighted by atomic mass is 35.5. The Morgan fingerprint density at radius 3 is 2.68 bits per heavy atom. The predicted molar refractivity (Wildman–Crippen MR) is 72.7 cm³/mol. The number of rotatable bonds is 3. The van der Waals surface area contributed by atoms with Crippen molar-refractivity contribution in [2.75, 3.05) is 5.73 Å². The Labute approximate surface area is 116 Å². The number of hydrogen-bond donors (Lipinski definition) is 2. The third-order valence-corrected chi connectivity index (χ3v) is 4.47. The third-order valence-electron chi connectivity index (χ3n) is 4.20. The lowest BCUT2D eigenvalue weighted by molar-refractivity contribution is -0.177. The number of nitrogens with zero attached hydrogens (tertiary/aromatic N) is 2. The quantitative estimate of drug-likeness (QED) is 0.882. The highest BCUT2D eigenvalue weighted by Crippen LogP contribution is 2.74. The topological polar surface area (TPSA) is 80.9 Å². The third kappa shape index (κ3) is 1.71. The van der Waals surface area contributed by atoms with Crippen LogP contribution in [-0.4, -0.2) is 21.9 Å². The number of aromatic nitrogens is 2. The standard InChI is InChI=1S/C13H17ClN4O/c1-7(2)17-10(19)13-4-12(5-13,6-13)9-8(14)3-16-11(15)18-9/h3,7H,4-6H2,1-2H3,(H,17,19)(H2,15,16,18). The molecule has 0 radical (unpaired) electrons. The van der Waals surface area contributed by atoms with Gasteiger partial charge in [0.15, 0.2) is 0 Å². The molecule has 5 nitrogen and oxygen atoms in total. The first-order chi connectivity index (χ1) is 8.87. The minimum Gasteiger partial charge on any atom is -0.368 e. The molecule has 102 valence electrons. The molecule has 6 heteroatoms. The predicted octanol–water partition coefficient (Wildman–Crippen LogP) is 1.66. The number of anilines is 1. The number of nitrogen functional groups attached to an aromatic ring is 1. The van der Waals surface area contributed by atoms with E-state index in [1.54, 1.807) is 6.20 Å². The van der Waals surface area contributed by atoms with Crippen LogP contribution in [-0.2, 0) is 10.2 Å². The summed E-state index contributed by atoms with van der Waals surface area (Å²) < 4.78 is 0. The Bertz CT molecular complexity index is 538. The second-order valence-corrected chi connectivity index (χ2v) is 6.55. The van der Waals surface area contributed by atoms with Crippen molar-refractivity contribution in [1.82, 2.24) is 15.3 Å². The molecule has 1 amide bonds. The second-order valence-electron chi connectivity index (χ2n) is 6.14. The Kier molecular flexibility index (Phi) is 2.55. The summed E-state index contributed by atoms with van der Waals surface area (Å²) in [5.41, 5.74) is 6.17. The van der Waals surface area contributed by atoms with E-state index in [4.69, 9.17) is 17.3 Å². The Hall–Kier alpha value is -1.36. The van der Waals surface area contributed by atoms with Crippen LogP contribution in [0.4, 0.5) is 5.95 Å². The van der Waals surface area contributed by atoms with Crippen LogP contribution in [0.3, 0.4) is 0 Å². The Morgan fingerprint density at radius 2 is 2.11 bits per heavy atom.